The first-order valence-corrected chi connectivity index (χ1v) is 22.9. The van der Waals surface area contributed by atoms with Crippen LogP contribution in [0.5, 0.6) is 0 Å². The van der Waals surface area contributed by atoms with Gasteiger partial charge in [-0.05, 0) is 150 Å². The summed E-state index contributed by atoms with van der Waals surface area (Å²) in [6, 6.07) is 52.4. The summed E-state index contributed by atoms with van der Waals surface area (Å²) in [5, 5.41) is 0. The zero-order valence-corrected chi connectivity index (χ0v) is 37.5. The number of anilines is 4. The van der Waals surface area contributed by atoms with Gasteiger partial charge < -0.3 is 0 Å². The van der Waals surface area contributed by atoms with Crippen LogP contribution in [0.25, 0.3) is 0 Å². The second-order valence-electron chi connectivity index (χ2n) is 17.8. The molecular formula is C59H36N4O8. The normalized spacial score (nSPS) is 14.8. The SMILES string of the molecule is O=C1c2ccc(Cc3ccc4c(c3)C(=O)N(c3ccc(Cc5ccc(N6C(=O)c7ccc(Cc8ccc9c(c8)C(=O)N(c8ccccc8)C9=O)cc7C6=O)cc5)cc3)C4=O)cc2C(=O)N1c1ccccc1. The number of nitrogens with zero attached hydrogens (tertiary/aromatic N) is 4. The lowest BCUT2D eigenvalue weighted by Gasteiger charge is -2.15. The topological polar surface area (TPSA) is 150 Å². The second-order valence-corrected chi connectivity index (χ2v) is 17.8. The van der Waals surface area contributed by atoms with Crippen LogP contribution in [-0.2, 0) is 19.3 Å². The molecule has 4 aliphatic heterocycles. The van der Waals surface area contributed by atoms with Crippen molar-refractivity contribution in [2.24, 2.45) is 0 Å². The van der Waals surface area contributed by atoms with E-state index in [1.54, 1.807) is 146 Å². The minimum Gasteiger partial charge on any atom is -0.268 e. The van der Waals surface area contributed by atoms with Crippen molar-refractivity contribution in [2.45, 2.75) is 19.3 Å². The maximum atomic E-state index is 13.8. The highest BCUT2D eigenvalue weighted by molar-refractivity contribution is 6.37. The Labute approximate surface area is 405 Å². The number of carbonyl (C=O) groups excluding carboxylic acids is 8. The molecule has 8 aromatic carbocycles. The first-order valence-electron chi connectivity index (χ1n) is 22.9. The van der Waals surface area contributed by atoms with E-state index in [0.717, 1.165) is 43.2 Å². The van der Waals surface area contributed by atoms with Crippen LogP contribution in [-0.4, -0.2) is 47.3 Å². The molecule has 12 rings (SSSR count). The molecule has 12 nitrogen and oxygen atoms in total. The summed E-state index contributed by atoms with van der Waals surface area (Å²) in [4.78, 5) is 112. The van der Waals surface area contributed by atoms with Gasteiger partial charge in [0.2, 0.25) is 0 Å². The Bertz CT molecular complexity index is 3440. The van der Waals surface area contributed by atoms with Crippen molar-refractivity contribution in [2.75, 3.05) is 19.6 Å². The molecule has 0 spiro atoms. The fraction of sp³-hybridized carbons (Fsp3) is 0.0508. The Balaban J connectivity index is 0.688. The fourth-order valence-corrected chi connectivity index (χ4v) is 9.92. The van der Waals surface area contributed by atoms with Crippen molar-refractivity contribution in [3.8, 4) is 0 Å². The summed E-state index contributed by atoms with van der Waals surface area (Å²) < 4.78 is 0. The number of amides is 8. The quantitative estimate of drug-likeness (QED) is 0.123. The average Bonchev–Trinajstić information content (AvgIpc) is 3.99. The van der Waals surface area contributed by atoms with E-state index in [1.807, 2.05) is 36.4 Å². The molecule has 0 atom stereocenters. The molecule has 0 aromatic heterocycles. The molecule has 0 unspecified atom stereocenters. The molecule has 4 aliphatic rings. The third-order valence-electron chi connectivity index (χ3n) is 13.4. The molecule has 0 saturated carbocycles. The lowest BCUT2D eigenvalue weighted by atomic mass is 9.98. The van der Waals surface area contributed by atoms with Crippen LogP contribution in [0, 0.1) is 0 Å². The lowest BCUT2D eigenvalue weighted by Crippen LogP contribution is -2.29. The van der Waals surface area contributed by atoms with Crippen molar-refractivity contribution >= 4 is 70.0 Å². The maximum absolute atomic E-state index is 13.8. The van der Waals surface area contributed by atoms with Gasteiger partial charge in [-0.15, -0.1) is 0 Å². The lowest BCUT2D eigenvalue weighted by molar-refractivity contribution is 0.0910. The smallest absolute Gasteiger partial charge is 0.266 e. The zero-order valence-electron chi connectivity index (χ0n) is 37.5. The monoisotopic (exact) mass is 928 g/mol. The summed E-state index contributed by atoms with van der Waals surface area (Å²) in [7, 11) is 0. The van der Waals surface area contributed by atoms with E-state index in [-0.39, 0.29) is 22.9 Å². The Morgan fingerprint density at radius 1 is 0.211 bits per heavy atom. The number of hydrogen-bond acceptors (Lipinski definition) is 8. The van der Waals surface area contributed by atoms with Crippen LogP contribution in [0.15, 0.2) is 182 Å². The molecule has 340 valence electrons. The van der Waals surface area contributed by atoms with Gasteiger partial charge in [0.1, 0.15) is 0 Å². The standard InChI is InChI=1S/C59H36N4O8/c64-52-44-23-15-36(30-48(44)56(68)60(52)40-7-3-1-4-8-40)28-38-17-25-46-50(32-38)58(70)62(54(46)66)42-19-11-34(12-20-42)27-35-13-21-43(22-14-35)63-55(67)47-26-18-39(33-51(47)59(63)71)29-37-16-24-45-49(31-37)57(69)61(53(45)65)41-9-5-2-6-10-41/h1-26,30-33H,27-29H2. The minimum atomic E-state index is -0.445. The predicted molar refractivity (Wildman–Crippen MR) is 265 cm³/mol. The summed E-state index contributed by atoms with van der Waals surface area (Å²) in [5.41, 5.74) is 9.16. The van der Waals surface area contributed by atoms with Crippen molar-refractivity contribution in [3.05, 3.63) is 260 Å². The van der Waals surface area contributed by atoms with Gasteiger partial charge in [0, 0.05) is 0 Å². The first-order chi connectivity index (χ1) is 34.5. The van der Waals surface area contributed by atoms with E-state index in [4.69, 9.17) is 0 Å². The van der Waals surface area contributed by atoms with Crippen molar-refractivity contribution < 1.29 is 38.4 Å². The fourth-order valence-electron chi connectivity index (χ4n) is 9.92. The number of fused-ring (bicyclic) bond motifs is 4. The molecular weight excluding hydrogens is 893 g/mol. The number of rotatable bonds is 10. The Morgan fingerprint density at radius 2 is 0.423 bits per heavy atom. The Kier molecular flexibility index (Phi) is 9.93. The van der Waals surface area contributed by atoms with Crippen LogP contribution in [0.3, 0.4) is 0 Å². The van der Waals surface area contributed by atoms with Gasteiger partial charge in [-0.1, -0.05) is 84.9 Å². The number of carbonyl (C=O) groups is 8. The second kappa shape index (κ2) is 16.5. The Morgan fingerprint density at radius 3 is 0.690 bits per heavy atom. The van der Waals surface area contributed by atoms with Crippen LogP contribution in [0.1, 0.15) is 116 Å². The summed E-state index contributed by atoms with van der Waals surface area (Å²) in [6.45, 7) is 0. The molecule has 8 amide bonds. The maximum Gasteiger partial charge on any atom is 0.266 e. The van der Waals surface area contributed by atoms with E-state index in [9.17, 15) is 38.4 Å². The van der Waals surface area contributed by atoms with Crippen LogP contribution in [0.4, 0.5) is 22.7 Å². The van der Waals surface area contributed by atoms with Gasteiger partial charge in [-0.2, -0.15) is 0 Å². The van der Waals surface area contributed by atoms with Gasteiger partial charge >= 0.3 is 0 Å². The highest BCUT2D eigenvalue weighted by atomic mass is 16.2. The van der Waals surface area contributed by atoms with Gasteiger partial charge in [0.05, 0.1) is 67.3 Å². The summed E-state index contributed by atoms with van der Waals surface area (Å²) >= 11 is 0. The minimum absolute atomic E-state index is 0.280. The summed E-state index contributed by atoms with van der Waals surface area (Å²) in [6.07, 6.45) is 1.23. The van der Waals surface area contributed by atoms with Gasteiger partial charge in [-0.25, -0.2) is 19.6 Å². The molecule has 0 aliphatic carbocycles. The van der Waals surface area contributed by atoms with E-state index in [0.29, 0.717) is 75.4 Å². The van der Waals surface area contributed by atoms with Gasteiger partial charge in [0.25, 0.3) is 47.3 Å². The largest absolute Gasteiger partial charge is 0.268 e. The van der Waals surface area contributed by atoms with E-state index in [2.05, 4.69) is 0 Å². The number of hydrogen-bond donors (Lipinski definition) is 0. The summed E-state index contributed by atoms with van der Waals surface area (Å²) in [5.74, 6) is -3.31. The highest BCUT2D eigenvalue weighted by Crippen LogP contribution is 2.35. The van der Waals surface area contributed by atoms with E-state index < -0.39 is 35.4 Å². The van der Waals surface area contributed by atoms with Gasteiger partial charge in [0.15, 0.2) is 0 Å². The first kappa shape index (κ1) is 42.7. The Hall–Kier alpha value is -9.68. The van der Waals surface area contributed by atoms with Crippen LogP contribution >= 0.6 is 0 Å². The van der Waals surface area contributed by atoms with Gasteiger partial charge in [-0.3, -0.25) is 38.4 Å². The van der Waals surface area contributed by atoms with Crippen molar-refractivity contribution in [1.29, 1.82) is 0 Å². The molecule has 0 bridgehead atoms. The molecule has 71 heavy (non-hydrogen) atoms. The third-order valence-corrected chi connectivity index (χ3v) is 13.4. The van der Waals surface area contributed by atoms with E-state index in [1.165, 1.54) is 9.80 Å². The molecule has 12 heteroatoms. The number of benzene rings is 8. The molecule has 0 fully saturated rings. The predicted octanol–water partition coefficient (Wildman–Crippen LogP) is 9.66. The van der Waals surface area contributed by atoms with E-state index >= 15 is 0 Å². The van der Waals surface area contributed by atoms with Crippen LogP contribution < -0.4 is 19.6 Å². The zero-order chi connectivity index (χ0) is 48.7. The highest BCUT2D eigenvalue weighted by Gasteiger charge is 2.40. The number of para-hydroxylation sites is 2. The molecule has 8 aromatic rings. The molecule has 4 heterocycles. The molecule has 0 radical (unpaired) electrons. The number of imide groups is 4. The molecule has 0 saturated heterocycles. The average molecular weight is 929 g/mol. The van der Waals surface area contributed by atoms with Crippen molar-refractivity contribution in [1.82, 2.24) is 0 Å². The molecule has 0 N–H and O–H groups in total. The van der Waals surface area contributed by atoms with Crippen LogP contribution in [0.2, 0.25) is 0 Å². The third kappa shape index (κ3) is 7.07. The van der Waals surface area contributed by atoms with Crippen molar-refractivity contribution in [3.63, 3.8) is 0 Å².